The normalized spacial score (nSPS) is 14.8. The summed E-state index contributed by atoms with van der Waals surface area (Å²) in [5, 5.41) is 10.4. The summed E-state index contributed by atoms with van der Waals surface area (Å²) in [5.74, 6) is 0.0774. The highest BCUT2D eigenvalue weighted by atomic mass is 32.2. The number of thiocarbonyl (C=S) groups is 1. The van der Waals surface area contributed by atoms with Gasteiger partial charge in [-0.1, -0.05) is 54.3 Å². The molecule has 1 fully saturated rings. The van der Waals surface area contributed by atoms with Crippen LogP contribution < -0.4 is 10.1 Å². The van der Waals surface area contributed by atoms with Gasteiger partial charge in [-0.2, -0.15) is 0 Å². The van der Waals surface area contributed by atoms with E-state index in [2.05, 4.69) is 15.6 Å². The molecular weight excluding hydrogens is 448 g/mol. The molecule has 0 saturated carbocycles. The van der Waals surface area contributed by atoms with Crippen LogP contribution >= 0.6 is 24.0 Å². The summed E-state index contributed by atoms with van der Waals surface area (Å²) in [7, 11) is 1.58. The minimum absolute atomic E-state index is 0.161. The van der Waals surface area contributed by atoms with Crippen LogP contribution in [-0.4, -0.2) is 45.0 Å². The van der Waals surface area contributed by atoms with Gasteiger partial charge < -0.3 is 10.1 Å². The maximum absolute atomic E-state index is 12.8. The molecule has 0 bridgehead atoms. The maximum atomic E-state index is 12.8. The van der Waals surface area contributed by atoms with Gasteiger partial charge >= 0.3 is 0 Å². The van der Waals surface area contributed by atoms with Gasteiger partial charge in [-0.15, -0.1) is 0 Å². The Kier molecular flexibility index (Phi) is 6.33. The quantitative estimate of drug-likeness (QED) is 0.432. The fourth-order valence-corrected chi connectivity index (χ4v) is 4.38. The summed E-state index contributed by atoms with van der Waals surface area (Å²) in [5.41, 5.74) is 2.87. The van der Waals surface area contributed by atoms with Gasteiger partial charge in [0.25, 0.3) is 5.91 Å². The Morgan fingerprint density at radius 1 is 1.25 bits per heavy atom. The van der Waals surface area contributed by atoms with Gasteiger partial charge in [-0.3, -0.25) is 14.5 Å². The van der Waals surface area contributed by atoms with E-state index in [9.17, 15) is 9.59 Å². The number of nitrogens with one attached hydrogen (secondary N) is 1. The molecule has 0 spiro atoms. The van der Waals surface area contributed by atoms with Crippen molar-refractivity contribution in [1.29, 1.82) is 0 Å². The van der Waals surface area contributed by atoms with Gasteiger partial charge in [-0.25, -0.2) is 4.63 Å². The van der Waals surface area contributed by atoms with E-state index in [4.69, 9.17) is 21.6 Å². The molecular formula is C22H18N4O4S2. The highest BCUT2D eigenvalue weighted by molar-refractivity contribution is 8.26. The predicted octanol–water partition coefficient (Wildman–Crippen LogP) is 3.89. The predicted molar refractivity (Wildman–Crippen MR) is 126 cm³/mol. The van der Waals surface area contributed by atoms with Crippen molar-refractivity contribution in [3.05, 3.63) is 64.6 Å². The summed E-state index contributed by atoms with van der Waals surface area (Å²) < 4.78 is 10.4. The zero-order valence-electron chi connectivity index (χ0n) is 17.2. The van der Waals surface area contributed by atoms with Gasteiger partial charge in [0.05, 0.1) is 12.0 Å². The number of aromatic nitrogens is 2. The largest absolute Gasteiger partial charge is 0.497 e. The molecule has 3 aromatic rings. The van der Waals surface area contributed by atoms with Crippen molar-refractivity contribution in [1.82, 2.24) is 15.2 Å². The highest BCUT2D eigenvalue weighted by Gasteiger charge is 2.33. The smallest absolute Gasteiger partial charge is 0.266 e. The molecule has 1 aromatic heterocycles. The highest BCUT2D eigenvalue weighted by Crippen LogP contribution is 2.33. The van der Waals surface area contributed by atoms with E-state index in [1.165, 1.54) is 4.90 Å². The number of carbonyl (C=O) groups is 2. The monoisotopic (exact) mass is 466 g/mol. The van der Waals surface area contributed by atoms with E-state index in [-0.39, 0.29) is 18.3 Å². The summed E-state index contributed by atoms with van der Waals surface area (Å²) in [6, 6.07) is 14.9. The molecule has 0 radical (unpaired) electrons. The molecule has 1 aliphatic rings. The molecule has 1 saturated heterocycles. The number of rotatable bonds is 6. The number of anilines is 1. The van der Waals surface area contributed by atoms with Crippen molar-refractivity contribution in [2.45, 2.75) is 6.92 Å². The van der Waals surface area contributed by atoms with Crippen LogP contribution in [0, 0.1) is 6.92 Å². The van der Waals surface area contributed by atoms with Crippen molar-refractivity contribution < 1.29 is 19.0 Å². The molecule has 1 aliphatic heterocycles. The Morgan fingerprint density at radius 3 is 2.75 bits per heavy atom. The van der Waals surface area contributed by atoms with Crippen LogP contribution in [0.3, 0.4) is 0 Å². The van der Waals surface area contributed by atoms with Crippen LogP contribution in [0.15, 0.2) is 58.1 Å². The number of hydrogen-bond donors (Lipinski definition) is 1. The number of methoxy groups -OCH3 is 1. The fourth-order valence-electron chi connectivity index (χ4n) is 3.13. The Balaban J connectivity index is 1.47. The molecule has 0 aliphatic carbocycles. The number of thioether (sulfide) groups is 1. The lowest BCUT2D eigenvalue weighted by Crippen LogP contribution is -2.36. The lowest BCUT2D eigenvalue weighted by Gasteiger charge is -2.13. The van der Waals surface area contributed by atoms with Crippen molar-refractivity contribution in [3.8, 4) is 17.0 Å². The van der Waals surface area contributed by atoms with Crippen molar-refractivity contribution in [3.63, 3.8) is 0 Å². The zero-order valence-corrected chi connectivity index (χ0v) is 18.8. The molecule has 2 amide bonds. The van der Waals surface area contributed by atoms with Crippen molar-refractivity contribution >= 4 is 52.0 Å². The lowest BCUT2D eigenvalue weighted by atomic mass is 10.1. The third kappa shape index (κ3) is 4.56. The zero-order chi connectivity index (χ0) is 22.7. The van der Waals surface area contributed by atoms with E-state index in [1.807, 2.05) is 43.3 Å². The van der Waals surface area contributed by atoms with Crippen LogP contribution in [0.4, 0.5) is 5.82 Å². The number of amides is 2. The second kappa shape index (κ2) is 9.33. The van der Waals surface area contributed by atoms with Crippen LogP contribution in [0.1, 0.15) is 11.1 Å². The molecule has 162 valence electrons. The molecule has 2 aromatic carbocycles. The van der Waals surface area contributed by atoms with Crippen molar-refractivity contribution in [2.24, 2.45) is 0 Å². The topological polar surface area (TPSA) is 97.6 Å². The van der Waals surface area contributed by atoms with Gasteiger partial charge in [-0.05, 0) is 52.6 Å². The number of aryl methyl sites for hydroxylation is 1. The van der Waals surface area contributed by atoms with Crippen LogP contribution in [0.25, 0.3) is 17.3 Å². The molecule has 0 atom stereocenters. The van der Waals surface area contributed by atoms with E-state index in [1.54, 1.807) is 25.3 Å². The number of nitrogens with zero attached hydrogens (tertiary/aromatic N) is 3. The first-order valence-corrected chi connectivity index (χ1v) is 10.8. The van der Waals surface area contributed by atoms with Gasteiger partial charge in [0.2, 0.25) is 11.7 Å². The molecule has 2 heterocycles. The minimum Gasteiger partial charge on any atom is -0.497 e. The molecule has 0 unspecified atom stereocenters. The molecule has 8 nitrogen and oxygen atoms in total. The molecule has 1 N–H and O–H groups in total. The minimum atomic E-state index is -0.467. The fraction of sp³-hybridized carbons (Fsp3) is 0.136. The maximum Gasteiger partial charge on any atom is 0.266 e. The Hall–Kier alpha value is -3.50. The second-order valence-electron chi connectivity index (χ2n) is 6.87. The third-order valence-electron chi connectivity index (χ3n) is 4.71. The van der Waals surface area contributed by atoms with Gasteiger partial charge in [0.1, 0.15) is 16.6 Å². The number of ether oxygens (including phenoxy) is 1. The van der Waals surface area contributed by atoms with Gasteiger partial charge in [0.15, 0.2) is 5.69 Å². The molecule has 4 rings (SSSR count). The van der Waals surface area contributed by atoms with E-state index >= 15 is 0 Å². The average Bonchev–Trinajstić information content (AvgIpc) is 3.34. The van der Waals surface area contributed by atoms with Crippen LogP contribution in [-0.2, 0) is 9.59 Å². The SMILES string of the molecule is COc1ccc(-c2nonc2NC(=O)CN2C(=O)/C(=C/c3ccccc3)SC2=S)c(C)c1. The molecule has 10 heteroatoms. The summed E-state index contributed by atoms with van der Waals surface area (Å²) in [6.45, 7) is 1.64. The first-order valence-electron chi connectivity index (χ1n) is 9.54. The average molecular weight is 467 g/mol. The van der Waals surface area contributed by atoms with Crippen LogP contribution in [0.5, 0.6) is 5.75 Å². The van der Waals surface area contributed by atoms with E-state index < -0.39 is 5.91 Å². The lowest BCUT2D eigenvalue weighted by molar-refractivity contribution is -0.126. The van der Waals surface area contributed by atoms with E-state index in [0.717, 1.165) is 28.5 Å². The first kappa shape index (κ1) is 21.7. The molecule has 32 heavy (non-hydrogen) atoms. The second-order valence-corrected chi connectivity index (χ2v) is 8.54. The Morgan fingerprint density at radius 2 is 2.03 bits per heavy atom. The Bertz CT molecular complexity index is 1220. The summed E-state index contributed by atoms with van der Waals surface area (Å²) >= 11 is 6.47. The summed E-state index contributed by atoms with van der Waals surface area (Å²) in [6.07, 6.45) is 1.75. The third-order valence-corrected chi connectivity index (χ3v) is 6.09. The number of benzene rings is 2. The van der Waals surface area contributed by atoms with Crippen molar-refractivity contribution in [2.75, 3.05) is 19.0 Å². The first-order chi connectivity index (χ1) is 15.5. The Labute approximate surface area is 193 Å². The standard InChI is InChI=1S/C22H18N4O4S2/c1-13-10-15(29-2)8-9-16(13)19-20(25-30-24-19)23-18(27)12-26-21(28)17(32-22(26)31)11-14-6-4-3-5-7-14/h3-11H,12H2,1-2H3,(H,23,25,27)/b17-11-. The van der Waals surface area contributed by atoms with E-state index in [0.29, 0.717) is 20.7 Å². The number of carbonyl (C=O) groups excluding carboxylic acids is 2. The summed E-state index contributed by atoms with van der Waals surface area (Å²) in [4.78, 5) is 27.2. The van der Waals surface area contributed by atoms with Crippen LogP contribution in [0.2, 0.25) is 0 Å². The number of hydrogen-bond acceptors (Lipinski definition) is 8. The van der Waals surface area contributed by atoms with Gasteiger partial charge in [0, 0.05) is 5.56 Å².